The Hall–Kier alpha value is -2.52. The Morgan fingerprint density at radius 3 is 2.78 bits per heavy atom. The van der Waals surface area contributed by atoms with Crippen molar-refractivity contribution in [1.29, 1.82) is 0 Å². The summed E-state index contributed by atoms with van der Waals surface area (Å²) in [6.07, 6.45) is -0.162. The molecule has 1 saturated heterocycles. The molecule has 1 amide bonds. The number of hydrogen-bond donors (Lipinski definition) is 1. The molecule has 0 spiro atoms. The van der Waals surface area contributed by atoms with E-state index in [-0.39, 0.29) is 18.9 Å². The lowest BCUT2D eigenvalue weighted by Gasteiger charge is -2.34. The predicted octanol–water partition coefficient (Wildman–Crippen LogP) is 1.65. The second-order valence-electron chi connectivity index (χ2n) is 6.24. The lowest BCUT2D eigenvalue weighted by molar-refractivity contribution is -0.149. The summed E-state index contributed by atoms with van der Waals surface area (Å²) in [6, 6.07) is 6.42. The fraction of sp³-hybridized carbons (Fsp3) is 0.471. The maximum atomic E-state index is 12.9. The summed E-state index contributed by atoms with van der Waals surface area (Å²) in [4.78, 5) is 26.7. The average molecular weight is 394 g/mol. The lowest BCUT2D eigenvalue weighted by Crippen LogP contribution is -2.48. The molecule has 1 aromatic heterocycles. The van der Waals surface area contributed by atoms with Crippen LogP contribution in [0.1, 0.15) is 25.8 Å². The highest BCUT2D eigenvalue weighted by Crippen LogP contribution is 2.20. The van der Waals surface area contributed by atoms with Gasteiger partial charge in [0.2, 0.25) is 11.7 Å². The third-order valence-electron chi connectivity index (χ3n) is 4.33. The Kier molecular flexibility index (Phi) is 6.02. The van der Waals surface area contributed by atoms with Crippen molar-refractivity contribution < 1.29 is 19.4 Å². The molecule has 1 aromatic carbocycles. The van der Waals surface area contributed by atoms with Crippen LogP contribution in [0.5, 0.6) is 0 Å². The molecular formula is C17H20ClN5O4. The van der Waals surface area contributed by atoms with E-state index in [1.165, 1.54) is 4.80 Å². The molecule has 10 heteroatoms. The largest absolute Gasteiger partial charge is 0.481 e. The number of hydrogen-bond acceptors (Lipinski definition) is 6. The molecular weight excluding hydrogens is 374 g/mol. The van der Waals surface area contributed by atoms with E-state index in [0.717, 1.165) is 5.56 Å². The number of tetrazole rings is 1. The Balaban J connectivity index is 1.73. The minimum absolute atomic E-state index is 0.136. The number of aliphatic carboxylic acids is 1. The van der Waals surface area contributed by atoms with Crippen LogP contribution in [-0.2, 0) is 14.3 Å². The van der Waals surface area contributed by atoms with Gasteiger partial charge < -0.3 is 14.7 Å². The molecule has 2 aromatic rings. The zero-order valence-electron chi connectivity index (χ0n) is 14.8. The van der Waals surface area contributed by atoms with Gasteiger partial charge in [0.25, 0.3) is 0 Å². The fourth-order valence-electron chi connectivity index (χ4n) is 2.96. The van der Waals surface area contributed by atoms with Gasteiger partial charge in [-0.2, -0.15) is 4.80 Å². The number of ether oxygens (including phenoxy) is 1. The molecule has 2 atom stereocenters. The molecule has 0 radical (unpaired) electrons. The molecule has 0 aliphatic carbocycles. The number of rotatable bonds is 6. The molecule has 9 nitrogen and oxygen atoms in total. The van der Waals surface area contributed by atoms with Crippen LogP contribution in [0.25, 0.3) is 11.4 Å². The number of carboxylic acid groups (broad SMARTS) is 1. The quantitative estimate of drug-likeness (QED) is 0.794. The van der Waals surface area contributed by atoms with Gasteiger partial charge in [-0.15, -0.1) is 10.2 Å². The zero-order valence-corrected chi connectivity index (χ0v) is 15.5. The highest BCUT2D eigenvalue weighted by Gasteiger charge is 2.31. The molecule has 1 fully saturated rings. The van der Waals surface area contributed by atoms with E-state index in [9.17, 15) is 9.59 Å². The second kappa shape index (κ2) is 8.45. The summed E-state index contributed by atoms with van der Waals surface area (Å²) in [5.41, 5.74) is 0.751. The van der Waals surface area contributed by atoms with Crippen LogP contribution in [0, 0.1) is 0 Å². The van der Waals surface area contributed by atoms with Crippen molar-refractivity contribution in [2.24, 2.45) is 0 Å². The van der Waals surface area contributed by atoms with E-state index < -0.39 is 18.1 Å². The molecule has 144 valence electrons. The van der Waals surface area contributed by atoms with E-state index >= 15 is 0 Å². The minimum Gasteiger partial charge on any atom is -0.481 e. The normalized spacial score (nSPS) is 18.3. The number of carbonyl (C=O) groups is 2. The van der Waals surface area contributed by atoms with Gasteiger partial charge >= 0.3 is 5.97 Å². The van der Waals surface area contributed by atoms with Crippen molar-refractivity contribution in [3.63, 3.8) is 0 Å². The van der Waals surface area contributed by atoms with Gasteiger partial charge in [0.15, 0.2) is 6.04 Å². The predicted molar refractivity (Wildman–Crippen MR) is 96.2 cm³/mol. The van der Waals surface area contributed by atoms with E-state index in [1.807, 2.05) is 6.92 Å². The lowest BCUT2D eigenvalue weighted by atomic mass is 10.1. The molecule has 3 rings (SSSR count). The van der Waals surface area contributed by atoms with E-state index in [2.05, 4.69) is 15.4 Å². The summed E-state index contributed by atoms with van der Waals surface area (Å²) in [5, 5.41) is 22.0. The summed E-state index contributed by atoms with van der Waals surface area (Å²) < 4.78 is 5.42. The van der Waals surface area contributed by atoms with Crippen molar-refractivity contribution in [3.05, 3.63) is 29.3 Å². The Morgan fingerprint density at radius 2 is 2.11 bits per heavy atom. The topological polar surface area (TPSA) is 110 Å². The van der Waals surface area contributed by atoms with Gasteiger partial charge in [-0.25, -0.2) is 0 Å². The Morgan fingerprint density at radius 1 is 1.37 bits per heavy atom. The number of morpholine rings is 1. The monoisotopic (exact) mass is 393 g/mol. The number of carbonyl (C=O) groups excluding carboxylic acids is 1. The third-order valence-corrected chi connectivity index (χ3v) is 4.59. The molecule has 1 aliphatic heterocycles. The standard InChI is InChI=1S/C17H20ClN5O4/c1-2-14(17(26)22-7-8-27-13(10-22)9-15(24)25)23-20-16(19-21-23)11-3-5-12(18)6-4-11/h3-6,13-14H,2,7-10H2,1H3,(H,24,25)/t13-,14+/m1/s1. The average Bonchev–Trinajstić information content (AvgIpc) is 3.12. The summed E-state index contributed by atoms with van der Waals surface area (Å²) in [7, 11) is 0. The van der Waals surface area contributed by atoms with Crippen LogP contribution in [-0.4, -0.2) is 67.9 Å². The minimum atomic E-state index is -0.952. The fourth-order valence-corrected chi connectivity index (χ4v) is 3.08. The number of carboxylic acids is 1. The number of aromatic nitrogens is 4. The number of halogens is 1. The van der Waals surface area contributed by atoms with Crippen molar-refractivity contribution in [3.8, 4) is 11.4 Å². The summed E-state index contributed by atoms with van der Waals surface area (Å²) in [5.74, 6) is -0.716. The summed E-state index contributed by atoms with van der Waals surface area (Å²) in [6.45, 7) is 2.81. The van der Waals surface area contributed by atoms with Crippen LogP contribution >= 0.6 is 11.6 Å². The van der Waals surface area contributed by atoms with Crippen molar-refractivity contribution >= 4 is 23.5 Å². The van der Waals surface area contributed by atoms with Crippen molar-refractivity contribution in [2.45, 2.75) is 31.9 Å². The third kappa shape index (κ3) is 4.61. The summed E-state index contributed by atoms with van der Waals surface area (Å²) >= 11 is 5.89. The van der Waals surface area contributed by atoms with Gasteiger partial charge in [0.05, 0.1) is 19.1 Å². The Labute approximate surface area is 160 Å². The second-order valence-corrected chi connectivity index (χ2v) is 6.68. The first kappa shape index (κ1) is 19.2. The van der Waals surface area contributed by atoms with Gasteiger partial charge in [-0.3, -0.25) is 9.59 Å². The highest BCUT2D eigenvalue weighted by atomic mass is 35.5. The maximum Gasteiger partial charge on any atom is 0.306 e. The number of amides is 1. The first-order valence-corrected chi connectivity index (χ1v) is 9.03. The van der Waals surface area contributed by atoms with E-state index in [0.29, 0.717) is 30.4 Å². The molecule has 27 heavy (non-hydrogen) atoms. The highest BCUT2D eigenvalue weighted by molar-refractivity contribution is 6.30. The number of benzene rings is 1. The Bertz CT molecular complexity index is 810. The van der Waals surface area contributed by atoms with Crippen molar-refractivity contribution in [2.75, 3.05) is 19.7 Å². The van der Waals surface area contributed by atoms with Crippen LogP contribution in [0.3, 0.4) is 0 Å². The first-order valence-electron chi connectivity index (χ1n) is 8.65. The van der Waals surface area contributed by atoms with Gasteiger partial charge in [-0.05, 0) is 35.9 Å². The van der Waals surface area contributed by atoms with Gasteiger partial charge in [-0.1, -0.05) is 18.5 Å². The van der Waals surface area contributed by atoms with Crippen LogP contribution in [0.2, 0.25) is 5.02 Å². The van der Waals surface area contributed by atoms with E-state index in [4.69, 9.17) is 21.4 Å². The molecule has 1 N–H and O–H groups in total. The SMILES string of the molecule is CC[C@@H](C(=O)N1CCO[C@H](CC(=O)O)C1)n1nnc(-c2ccc(Cl)cc2)n1. The maximum absolute atomic E-state index is 12.9. The molecule has 0 bridgehead atoms. The zero-order chi connectivity index (χ0) is 19.4. The first-order chi connectivity index (χ1) is 13.0. The van der Waals surface area contributed by atoms with Crippen LogP contribution < -0.4 is 0 Å². The smallest absolute Gasteiger partial charge is 0.306 e. The molecule has 1 aliphatic rings. The molecule has 2 heterocycles. The van der Waals surface area contributed by atoms with E-state index in [1.54, 1.807) is 29.2 Å². The number of nitrogens with zero attached hydrogens (tertiary/aromatic N) is 5. The van der Waals surface area contributed by atoms with Gasteiger partial charge in [0.1, 0.15) is 0 Å². The molecule has 0 saturated carbocycles. The van der Waals surface area contributed by atoms with Gasteiger partial charge in [0, 0.05) is 23.7 Å². The van der Waals surface area contributed by atoms with Crippen molar-refractivity contribution in [1.82, 2.24) is 25.1 Å². The van der Waals surface area contributed by atoms with Crippen LogP contribution in [0.4, 0.5) is 0 Å². The molecule has 0 unspecified atom stereocenters. The van der Waals surface area contributed by atoms with Crippen LogP contribution in [0.15, 0.2) is 24.3 Å².